The third-order valence-corrected chi connectivity index (χ3v) is 8.38. The summed E-state index contributed by atoms with van der Waals surface area (Å²) in [6.45, 7) is 2.96. The predicted molar refractivity (Wildman–Crippen MR) is 140 cm³/mol. The van der Waals surface area contributed by atoms with Gasteiger partial charge in [0.25, 0.3) is 0 Å². The SMILES string of the molecule is COc1ccc(CCCCN(C(=O)Nc2ncc(SCC(=O)O)s2)C2CCC(C)CC2)cc1OC. The Morgan fingerprint density at radius 1 is 1.17 bits per heavy atom. The molecule has 0 atom stereocenters. The Hall–Kier alpha value is -2.46. The predicted octanol–water partition coefficient (Wildman–Crippen LogP) is 5.77. The summed E-state index contributed by atoms with van der Waals surface area (Å²) in [4.78, 5) is 30.3. The van der Waals surface area contributed by atoms with Crippen LogP contribution in [0.1, 0.15) is 51.0 Å². The van der Waals surface area contributed by atoms with Crippen molar-refractivity contribution in [3.8, 4) is 11.5 Å². The first-order chi connectivity index (χ1) is 16.9. The van der Waals surface area contributed by atoms with Crippen molar-refractivity contribution in [1.29, 1.82) is 0 Å². The molecule has 3 rings (SSSR count). The van der Waals surface area contributed by atoms with Gasteiger partial charge in [-0.2, -0.15) is 0 Å². The molecule has 1 aromatic heterocycles. The van der Waals surface area contributed by atoms with Gasteiger partial charge in [0.15, 0.2) is 16.6 Å². The van der Waals surface area contributed by atoms with Gasteiger partial charge in [-0.1, -0.05) is 24.3 Å². The molecule has 8 nitrogen and oxygen atoms in total. The Bertz CT molecular complexity index is 976. The quantitative estimate of drug-likeness (QED) is 0.270. The van der Waals surface area contributed by atoms with Crippen LogP contribution in [0.25, 0.3) is 0 Å². The Balaban J connectivity index is 1.57. The van der Waals surface area contributed by atoms with E-state index in [1.165, 1.54) is 28.7 Å². The van der Waals surface area contributed by atoms with Gasteiger partial charge < -0.3 is 19.5 Å². The third kappa shape index (κ3) is 8.31. The molecule has 0 unspecified atom stereocenters. The molecule has 1 aromatic carbocycles. The van der Waals surface area contributed by atoms with E-state index in [4.69, 9.17) is 14.6 Å². The van der Waals surface area contributed by atoms with Crippen LogP contribution in [0.3, 0.4) is 0 Å². The highest BCUT2D eigenvalue weighted by molar-refractivity contribution is 8.01. The molecule has 2 aromatic rings. The lowest BCUT2D eigenvalue weighted by Crippen LogP contribution is -2.45. The molecule has 0 saturated heterocycles. The number of aryl methyl sites for hydroxylation is 1. The van der Waals surface area contributed by atoms with E-state index in [1.54, 1.807) is 20.4 Å². The van der Waals surface area contributed by atoms with Crippen molar-refractivity contribution in [2.45, 2.75) is 62.1 Å². The number of thiazole rings is 1. The first-order valence-electron chi connectivity index (χ1n) is 12.0. The molecule has 0 bridgehead atoms. The molecule has 35 heavy (non-hydrogen) atoms. The van der Waals surface area contributed by atoms with Gasteiger partial charge in [0.1, 0.15) is 0 Å². The fourth-order valence-electron chi connectivity index (χ4n) is 4.33. The van der Waals surface area contributed by atoms with Crippen molar-refractivity contribution >= 4 is 40.2 Å². The van der Waals surface area contributed by atoms with Gasteiger partial charge in [-0.3, -0.25) is 10.1 Å². The zero-order valence-electron chi connectivity index (χ0n) is 20.6. The van der Waals surface area contributed by atoms with Crippen molar-refractivity contribution in [2.75, 3.05) is 31.8 Å². The Labute approximate surface area is 215 Å². The molecule has 10 heteroatoms. The lowest BCUT2D eigenvalue weighted by atomic mass is 9.86. The van der Waals surface area contributed by atoms with Crippen molar-refractivity contribution in [2.24, 2.45) is 5.92 Å². The summed E-state index contributed by atoms with van der Waals surface area (Å²) >= 11 is 2.52. The largest absolute Gasteiger partial charge is 0.493 e. The molecule has 0 spiro atoms. The van der Waals surface area contributed by atoms with Crippen LogP contribution in [0.15, 0.2) is 28.6 Å². The fourth-order valence-corrected chi connectivity index (χ4v) is 5.91. The van der Waals surface area contributed by atoms with Crippen molar-refractivity contribution in [3.63, 3.8) is 0 Å². The number of nitrogens with one attached hydrogen (secondary N) is 1. The molecule has 0 aliphatic heterocycles. The zero-order chi connectivity index (χ0) is 25.2. The van der Waals surface area contributed by atoms with Crippen LogP contribution in [0, 0.1) is 5.92 Å². The number of hydrogen-bond donors (Lipinski definition) is 2. The number of benzene rings is 1. The van der Waals surface area contributed by atoms with Crippen LogP contribution in [-0.2, 0) is 11.2 Å². The number of nitrogens with zero attached hydrogens (tertiary/aromatic N) is 2. The summed E-state index contributed by atoms with van der Waals surface area (Å²) in [5, 5.41) is 12.3. The molecule has 1 heterocycles. The molecule has 1 fully saturated rings. The monoisotopic (exact) mass is 521 g/mol. The summed E-state index contributed by atoms with van der Waals surface area (Å²) in [7, 11) is 3.27. The summed E-state index contributed by atoms with van der Waals surface area (Å²) in [6.07, 6.45) is 8.66. The van der Waals surface area contributed by atoms with Gasteiger partial charge in [0.2, 0.25) is 0 Å². The second-order valence-corrected chi connectivity index (χ2v) is 11.2. The molecule has 1 aliphatic rings. The minimum absolute atomic E-state index is 0.0258. The summed E-state index contributed by atoms with van der Waals surface area (Å²) < 4.78 is 11.5. The second-order valence-electron chi connectivity index (χ2n) is 8.85. The van der Waals surface area contributed by atoms with E-state index in [1.807, 2.05) is 17.0 Å². The fraction of sp³-hybridized carbons (Fsp3) is 0.560. The van der Waals surface area contributed by atoms with Crippen LogP contribution in [-0.4, -0.2) is 59.5 Å². The van der Waals surface area contributed by atoms with Gasteiger partial charge in [-0.05, 0) is 68.6 Å². The number of methoxy groups -OCH3 is 2. The number of rotatable bonds is 12. The average molecular weight is 522 g/mol. The van der Waals surface area contributed by atoms with Gasteiger partial charge in [0, 0.05) is 12.6 Å². The number of anilines is 1. The second kappa shape index (κ2) is 13.6. The smallest absolute Gasteiger partial charge is 0.323 e. The minimum Gasteiger partial charge on any atom is -0.493 e. The number of carboxylic acid groups (broad SMARTS) is 1. The number of aliphatic carboxylic acids is 1. The number of thioether (sulfide) groups is 1. The number of unbranched alkanes of at least 4 members (excludes halogenated alkanes) is 1. The standard InChI is InChI=1S/C25H35N3O5S2/c1-17-7-10-19(11-8-17)28(25(31)27-24-26-15-23(35-24)34-16-22(29)30)13-5-4-6-18-9-12-20(32-2)21(14-18)33-3/h9,12,14-15,17,19H,4-8,10-11,13,16H2,1-3H3,(H,29,30)(H,26,27,31). The first-order valence-corrected chi connectivity index (χ1v) is 13.8. The van der Waals surface area contributed by atoms with Crippen LogP contribution < -0.4 is 14.8 Å². The minimum atomic E-state index is -0.875. The van der Waals surface area contributed by atoms with E-state index in [9.17, 15) is 9.59 Å². The zero-order valence-corrected chi connectivity index (χ0v) is 22.3. The molecular weight excluding hydrogens is 486 g/mol. The molecule has 1 aliphatic carbocycles. The van der Waals surface area contributed by atoms with E-state index in [2.05, 4.69) is 23.3 Å². The molecule has 0 radical (unpaired) electrons. The summed E-state index contributed by atoms with van der Waals surface area (Å²) in [5.41, 5.74) is 1.18. The first kappa shape index (κ1) is 27.1. The van der Waals surface area contributed by atoms with Crippen molar-refractivity contribution in [3.05, 3.63) is 30.0 Å². The lowest BCUT2D eigenvalue weighted by Gasteiger charge is -2.36. The van der Waals surface area contributed by atoms with E-state index in [-0.39, 0.29) is 17.8 Å². The topological polar surface area (TPSA) is 101 Å². The highest BCUT2D eigenvalue weighted by atomic mass is 32.2. The van der Waals surface area contributed by atoms with Crippen LogP contribution in [0.4, 0.5) is 9.93 Å². The van der Waals surface area contributed by atoms with Crippen LogP contribution >= 0.6 is 23.1 Å². The highest BCUT2D eigenvalue weighted by Crippen LogP contribution is 2.31. The number of aromatic nitrogens is 1. The van der Waals surface area contributed by atoms with Gasteiger partial charge in [-0.15, -0.1) is 11.8 Å². The Kier molecular flexibility index (Phi) is 10.5. The maximum Gasteiger partial charge on any atom is 0.323 e. The van der Waals surface area contributed by atoms with Crippen molar-refractivity contribution in [1.82, 2.24) is 9.88 Å². The highest BCUT2D eigenvalue weighted by Gasteiger charge is 2.27. The Morgan fingerprint density at radius 3 is 2.60 bits per heavy atom. The van der Waals surface area contributed by atoms with E-state index in [0.717, 1.165) is 60.7 Å². The number of carbonyl (C=O) groups is 2. The number of hydrogen-bond acceptors (Lipinski definition) is 7. The Morgan fingerprint density at radius 2 is 1.91 bits per heavy atom. The van der Waals surface area contributed by atoms with Crippen LogP contribution in [0.2, 0.25) is 0 Å². The number of carbonyl (C=O) groups excluding carboxylic acids is 1. The number of ether oxygens (including phenoxy) is 2. The molecule has 2 amide bonds. The molecule has 2 N–H and O–H groups in total. The van der Waals surface area contributed by atoms with E-state index >= 15 is 0 Å². The van der Waals surface area contributed by atoms with Gasteiger partial charge >= 0.3 is 12.0 Å². The molecular formula is C25H35N3O5S2. The van der Waals surface area contributed by atoms with Crippen LogP contribution in [0.5, 0.6) is 11.5 Å². The molecule has 192 valence electrons. The summed E-state index contributed by atoms with van der Waals surface area (Å²) in [5.74, 6) is 1.25. The normalized spacial score (nSPS) is 17.6. The number of urea groups is 1. The average Bonchev–Trinajstić information content (AvgIpc) is 3.30. The number of amides is 2. The van der Waals surface area contributed by atoms with Gasteiger partial charge in [0.05, 0.1) is 30.4 Å². The third-order valence-electron chi connectivity index (χ3n) is 6.29. The molecule has 1 saturated carbocycles. The van der Waals surface area contributed by atoms with Gasteiger partial charge in [-0.25, -0.2) is 9.78 Å². The van der Waals surface area contributed by atoms with E-state index in [0.29, 0.717) is 17.6 Å². The lowest BCUT2D eigenvalue weighted by molar-refractivity contribution is -0.133. The van der Waals surface area contributed by atoms with Crippen molar-refractivity contribution < 1.29 is 24.2 Å². The number of carboxylic acids is 1. The maximum absolute atomic E-state index is 13.2. The summed E-state index contributed by atoms with van der Waals surface area (Å²) in [6, 6.07) is 6.09. The van der Waals surface area contributed by atoms with E-state index < -0.39 is 5.97 Å². The maximum atomic E-state index is 13.2.